The Morgan fingerprint density at radius 3 is 2.46 bits per heavy atom. The molecule has 0 saturated carbocycles. The zero-order chi connectivity index (χ0) is 20.1. The van der Waals surface area contributed by atoms with E-state index in [4.69, 9.17) is 11.6 Å². The van der Waals surface area contributed by atoms with Crippen LogP contribution in [0.4, 0.5) is 5.69 Å². The summed E-state index contributed by atoms with van der Waals surface area (Å²) in [6.07, 6.45) is 1.68. The van der Waals surface area contributed by atoms with Crippen LogP contribution in [0, 0.1) is 0 Å². The molecular weight excluding hydrogens is 396 g/mol. The highest BCUT2D eigenvalue weighted by molar-refractivity contribution is 7.90. The molecule has 5 nitrogen and oxygen atoms in total. The molecule has 0 unspecified atom stereocenters. The Balaban J connectivity index is 1.76. The number of halogens is 1. The van der Waals surface area contributed by atoms with Gasteiger partial charge in [-0.1, -0.05) is 36.7 Å². The SMILES string of the molecule is CCS(=O)(=O)Cc1ccc(C(=O)Nc2ccc(Cl)c(-c3ccccn3)c2)cc1. The molecule has 7 heteroatoms. The van der Waals surface area contributed by atoms with Crippen molar-refractivity contribution >= 4 is 33.0 Å². The van der Waals surface area contributed by atoms with Gasteiger partial charge in [-0.2, -0.15) is 0 Å². The topological polar surface area (TPSA) is 76.1 Å². The van der Waals surface area contributed by atoms with Crippen molar-refractivity contribution in [1.82, 2.24) is 4.98 Å². The molecule has 3 rings (SSSR count). The van der Waals surface area contributed by atoms with Gasteiger partial charge in [-0.25, -0.2) is 8.42 Å². The quantitative estimate of drug-likeness (QED) is 0.640. The van der Waals surface area contributed by atoms with Gasteiger partial charge in [0.05, 0.1) is 16.5 Å². The van der Waals surface area contributed by atoms with Gasteiger partial charge in [0.2, 0.25) is 0 Å². The highest BCUT2D eigenvalue weighted by Gasteiger charge is 2.12. The Bertz CT molecular complexity index is 1080. The largest absolute Gasteiger partial charge is 0.322 e. The van der Waals surface area contributed by atoms with Crippen molar-refractivity contribution in [3.05, 3.63) is 83.0 Å². The number of hydrogen-bond acceptors (Lipinski definition) is 4. The molecule has 0 aliphatic rings. The molecule has 0 aliphatic heterocycles. The smallest absolute Gasteiger partial charge is 0.255 e. The minimum absolute atomic E-state index is 0.0317. The summed E-state index contributed by atoms with van der Waals surface area (Å²) >= 11 is 6.26. The van der Waals surface area contributed by atoms with Crippen molar-refractivity contribution in [3.63, 3.8) is 0 Å². The van der Waals surface area contributed by atoms with Crippen LogP contribution in [-0.2, 0) is 15.6 Å². The van der Waals surface area contributed by atoms with E-state index in [2.05, 4.69) is 10.3 Å². The monoisotopic (exact) mass is 414 g/mol. The maximum Gasteiger partial charge on any atom is 0.255 e. The molecule has 0 radical (unpaired) electrons. The molecule has 1 N–H and O–H groups in total. The van der Waals surface area contributed by atoms with E-state index in [1.165, 1.54) is 0 Å². The normalized spacial score (nSPS) is 11.2. The number of amides is 1. The summed E-state index contributed by atoms with van der Waals surface area (Å²) in [5, 5.41) is 3.37. The van der Waals surface area contributed by atoms with Crippen molar-refractivity contribution < 1.29 is 13.2 Å². The molecule has 0 bridgehead atoms. The van der Waals surface area contributed by atoms with Crippen LogP contribution in [0.5, 0.6) is 0 Å². The van der Waals surface area contributed by atoms with Crippen LogP contribution in [0.1, 0.15) is 22.8 Å². The van der Waals surface area contributed by atoms with Gasteiger partial charge >= 0.3 is 0 Å². The van der Waals surface area contributed by atoms with E-state index in [0.29, 0.717) is 27.5 Å². The van der Waals surface area contributed by atoms with Crippen LogP contribution in [0.3, 0.4) is 0 Å². The van der Waals surface area contributed by atoms with Gasteiger partial charge in [0.15, 0.2) is 9.84 Å². The molecular formula is C21H19ClN2O3S. The number of aromatic nitrogens is 1. The fourth-order valence-corrected chi connectivity index (χ4v) is 3.75. The maximum absolute atomic E-state index is 12.5. The van der Waals surface area contributed by atoms with Gasteiger partial charge in [0, 0.05) is 28.8 Å². The minimum atomic E-state index is -3.11. The predicted octanol–water partition coefficient (Wildman–Crippen LogP) is 4.59. The molecule has 144 valence electrons. The molecule has 0 atom stereocenters. The first-order chi connectivity index (χ1) is 13.4. The second-order valence-corrected chi connectivity index (χ2v) is 9.00. The van der Waals surface area contributed by atoms with Crippen LogP contribution < -0.4 is 5.32 Å². The van der Waals surface area contributed by atoms with Crippen molar-refractivity contribution in [3.8, 4) is 11.3 Å². The second kappa shape index (κ2) is 8.54. The predicted molar refractivity (Wildman–Crippen MR) is 112 cm³/mol. The fourth-order valence-electron chi connectivity index (χ4n) is 2.63. The van der Waals surface area contributed by atoms with E-state index in [1.807, 2.05) is 18.2 Å². The number of benzene rings is 2. The van der Waals surface area contributed by atoms with Gasteiger partial charge in [-0.15, -0.1) is 0 Å². The second-order valence-electron chi connectivity index (χ2n) is 6.24. The molecule has 2 aromatic carbocycles. The third kappa shape index (κ3) is 4.97. The molecule has 0 aliphatic carbocycles. The highest BCUT2D eigenvalue weighted by Crippen LogP contribution is 2.29. The number of nitrogens with zero attached hydrogens (tertiary/aromatic N) is 1. The van der Waals surface area contributed by atoms with Gasteiger partial charge < -0.3 is 5.32 Å². The highest BCUT2D eigenvalue weighted by atomic mass is 35.5. The Hall–Kier alpha value is -2.70. The zero-order valence-corrected chi connectivity index (χ0v) is 16.8. The van der Waals surface area contributed by atoms with Gasteiger partial charge in [0.25, 0.3) is 5.91 Å². The summed E-state index contributed by atoms with van der Waals surface area (Å²) in [5.41, 5.74) is 3.12. The number of nitrogens with one attached hydrogen (secondary N) is 1. The standard InChI is InChI=1S/C21H19ClN2O3S/c1-2-28(26,27)14-15-6-8-16(9-7-15)21(25)24-17-10-11-19(22)18(13-17)20-5-3-4-12-23-20/h3-13H,2,14H2,1H3,(H,24,25). The molecule has 0 spiro atoms. The van der Waals surface area contributed by atoms with Crippen molar-refractivity contribution in [1.29, 1.82) is 0 Å². The molecule has 3 aromatic rings. The van der Waals surface area contributed by atoms with Crippen LogP contribution >= 0.6 is 11.6 Å². The van der Waals surface area contributed by atoms with E-state index < -0.39 is 9.84 Å². The minimum Gasteiger partial charge on any atom is -0.322 e. The van der Waals surface area contributed by atoms with E-state index in [-0.39, 0.29) is 17.4 Å². The van der Waals surface area contributed by atoms with E-state index in [9.17, 15) is 13.2 Å². The molecule has 1 amide bonds. The number of hydrogen-bond donors (Lipinski definition) is 1. The summed E-state index contributed by atoms with van der Waals surface area (Å²) in [5.74, 6) is -0.236. The number of sulfone groups is 1. The summed E-state index contributed by atoms with van der Waals surface area (Å²) in [7, 11) is -3.11. The van der Waals surface area contributed by atoms with Crippen LogP contribution in [0.25, 0.3) is 11.3 Å². The number of anilines is 1. The van der Waals surface area contributed by atoms with Crippen LogP contribution in [-0.4, -0.2) is 25.1 Å². The summed E-state index contributed by atoms with van der Waals surface area (Å²) in [4.78, 5) is 16.8. The first-order valence-corrected chi connectivity index (χ1v) is 10.9. The summed E-state index contributed by atoms with van der Waals surface area (Å²) < 4.78 is 23.4. The van der Waals surface area contributed by atoms with Gasteiger partial charge in [-0.3, -0.25) is 9.78 Å². The molecule has 0 fully saturated rings. The summed E-state index contributed by atoms with van der Waals surface area (Å²) in [6.45, 7) is 1.61. The lowest BCUT2D eigenvalue weighted by atomic mass is 10.1. The average molecular weight is 415 g/mol. The number of carbonyl (C=O) groups excluding carboxylic acids is 1. The molecule has 1 heterocycles. The number of pyridine rings is 1. The lowest BCUT2D eigenvalue weighted by molar-refractivity contribution is 0.102. The van der Waals surface area contributed by atoms with Gasteiger partial charge in [0.1, 0.15) is 0 Å². The maximum atomic E-state index is 12.5. The van der Waals surface area contributed by atoms with Crippen molar-refractivity contribution in [2.45, 2.75) is 12.7 Å². The molecule has 0 saturated heterocycles. The van der Waals surface area contributed by atoms with Crippen molar-refractivity contribution in [2.24, 2.45) is 0 Å². The fraction of sp³-hybridized carbons (Fsp3) is 0.143. The first kappa shape index (κ1) is 20.0. The van der Waals surface area contributed by atoms with Crippen LogP contribution in [0.15, 0.2) is 66.9 Å². The van der Waals surface area contributed by atoms with Crippen LogP contribution in [0.2, 0.25) is 5.02 Å². The number of rotatable bonds is 6. The summed E-state index contributed by atoms with van der Waals surface area (Å²) in [6, 6.07) is 17.3. The lowest BCUT2D eigenvalue weighted by Gasteiger charge is -2.10. The molecule has 1 aromatic heterocycles. The first-order valence-electron chi connectivity index (χ1n) is 8.69. The zero-order valence-electron chi connectivity index (χ0n) is 15.2. The van der Waals surface area contributed by atoms with E-state index >= 15 is 0 Å². The van der Waals surface area contributed by atoms with Crippen molar-refractivity contribution in [2.75, 3.05) is 11.1 Å². The lowest BCUT2D eigenvalue weighted by Crippen LogP contribution is -2.12. The van der Waals surface area contributed by atoms with E-state index in [0.717, 1.165) is 5.56 Å². The Kier molecular flexibility index (Phi) is 6.11. The Morgan fingerprint density at radius 2 is 1.82 bits per heavy atom. The third-order valence-electron chi connectivity index (χ3n) is 4.21. The third-order valence-corrected chi connectivity index (χ3v) is 6.19. The van der Waals surface area contributed by atoms with Gasteiger partial charge in [-0.05, 0) is 48.0 Å². The average Bonchev–Trinajstić information content (AvgIpc) is 2.70. The molecule has 28 heavy (non-hydrogen) atoms. The number of carbonyl (C=O) groups is 1. The Labute approximate surface area is 169 Å². The Morgan fingerprint density at radius 1 is 1.07 bits per heavy atom. The van der Waals surface area contributed by atoms with E-state index in [1.54, 1.807) is 55.6 Å².